The molecule has 1 saturated heterocycles. The van der Waals surface area contributed by atoms with Crippen LogP contribution in [0.25, 0.3) is 0 Å². The molecule has 0 radical (unpaired) electrons. The molecule has 110 valence electrons. The number of amides is 1. The van der Waals surface area contributed by atoms with Crippen LogP contribution in [0.2, 0.25) is 0 Å². The van der Waals surface area contributed by atoms with Gasteiger partial charge in [-0.1, -0.05) is 0 Å². The molecule has 0 bridgehead atoms. The summed E-state index contributed by atoms with van der Waals surface area (Å²) >= 11 is 0. The predicted octanol–water partition coefficient (Wildman–Crippen LogP) is -0.872. The highest BCUT2D eigenvalue weighted by Crippen LogP contribution is 2.22. The zero-order valence-corrected chi connectivity index (χ0v) is 11.6. The summed E-state index contributed by atoms with van der Waals surface area (Å²) in [6.45, 7) is 1.35. The van der Waals surface area contributed by atoms with E-state index in [4.69, 9.17) is 10.6 Å². The van der Waals surface area contributed by atoms with Gasteiger partial charge in [0.1, 0.15) is 0 Å². The number of methoxy groups -OCH3 is 1. The molecule has 0 saturated carbocycles. The first-order valence-corrected chi connectivity index (χ1v) is 6.41. The summed E-state index contributed by atoms with van der Waals surface area (Å²) in [4.78, 5) is 26.0. The average Bonchev–Trinajstić information content (AvgIpc) is 2.53. The number of carbonyl (C=O) groups excluding carboxylic acids is 1. The van der Waals surface area contributed by atoms with Gasteiger partial charge in [-0.2, -0.15) is 15.0 Å². The number of ether oxygens (including phenoxy) is 1. The number of nitrogens with one attached hydrogen (secondary N) is 2. The van der Waals surface area contributed by atoms with Crippen LogP contribution in [-0.2, 0) is 4.79 Å². The third-order valence-electron chi connectivity index (χ3n) is 3.24. The fraction of sp³-hybridized carbons (Fsp3) is 0.636. The minimum absolute atomic E-state index is 0.0351. The van der Waals surface area contributed by atoms with E-state index in [2.05, 4.69) is 25.7 Å². The van der Waals surface area contributed by atoms with E-state index in [0.717, 1.165) is 19.4 Å². The predicted molar refractivity (Wildman–Crippen MR) is 73.2 cm³/mol. The summed E-state index contributed by atoms with van der Waals surface area (Å²) in [6.07, 6.45) is 1.76. The van der Waals surface area contributed by atoms with Crippen LogP contribution in [0.15, 0.2) is 0 Å². The molecule has 9 heteroatoms. The van der Waals surface area contributed by atoms with E-state index in [0.29, 0.717) is 12.5 Å². The SMILES string of the molecule is CNC(=O)C1CCCN(c2nc(NN)nc(OC)n2)C1. The molecule has 1 aromatic rings. The number of anilines is 2. The van der Waals surface area contributed by atoms with Crippen LogP contribution in [0.1, 0.15) is 12.8 Å². The number of hydrogen-bond acceptors (Lipinski definition) is 8. The Morgan fingerprint density at radius 1 is 1.45 bits per heavy atom. The van der Waals surface area contributed by atoms with Gasteiger partial charge in [0.2, 0.25) is 17.8 Å². The molecule has 1 aliphatic rings. The largest absolute Gasteiger partial charge is 0.467 e. The van der Waals surface area contributed by atoms with E-state index < -0.39 is 0 Å². The smallest absolute Gasteiger partial charge is 0.322 e. The summed E-state index contributed by atoms with van der Waals surface area (Å²) < 4.78 is 5.02. The van der Waals surface area contributed by atoms with Crippen molar-refractivity contribution in [1.82, 2.24) is 20.3 Å². The standard InChI is InChI=1S/C11H19N7O2/c1-13-8(19)7-4-3-5-18(6-7)10-14-9(17-12)15-11(16-10)20-2/h7H,3-6,12H2,1-2H3,(H,13,19)(H,14,15,16,17). The van der Waals surface area contributed by atoms with Gasteiger partial charge in [0, 0.05) is 20.1 Å². The van der Waals surface area contributed by atoms with Crippen molar-refractivity contribution in [3.05, 3.63) is 0 Å². The van der Waals surface area contributed by atoms with E-state index in [9.17, 15) is 4.79 Å². The van der Waals surface area contributed by atoms with Gasteiger partial charge in [-0.05, 0) is 12.8 Å². The van der Waals surface area contributed by atoms with E-state index in [1.54, 1.807) is 7.05 Å². The maximum atomic E-state index is 11.7. The summed E-state index contributed by atoms with van der Waals surface area (Å²) in [7, 11) is 3.12. The van der Waals surface area contributed by atoms with Crippen LogP contribution in [0, 0.1) is 5.92 Å². The minimum atomic E-state index is -0.0641. The molecule has 1 aliphatic heterocycles. The fourth-order valence-electron chi connectivity index (χ4n) is 2.22. The molecule has 0 aliphatic carbocycles. The van der Waals surface area contributed by atoms with Crippen LogP contribution >= 0.6 is 0 Å². The zero-order valence-electron chi connectivity index (χ0n) is 11.6. The van der Waals surface area contributed by atoms with Crippen molar-refractivity contribution in [1.29, 1.82) is 0 Å². The van der Waals surface area contributed by atoms with Crippen LogP contribution in [0.4, 0.5) is 11.9 Å². The average molecular weight is 281 g/mol. The molecule has 2 rings (SSSR count). The first-order valence-electron chi connectivity index (χ1n) is 6.41. The summed E-state index contributed by atoms with van der Waals surface area (Å²) in [5.41, 5.74) is 2.38. The maximum Gasteiger partial charge on any atom is 0.322 e. The Bertz CT molecular complexity index is 460. The molecular formula is C11H19N7O2. The number of nitrogen functional groups attached to an aromatic ring is 1. The van der Waals surface area contributed by atoms with Crippen molar-refractivity contribution in [2.45, 2.75) is 12.8 Å². The van der Waals surface area contributed by atoms with Gasteiger partial charge in [-0.25, -0.2) is 5.84 Å². The first kappa shape index (κ1) is 14.3. The second kappa shape index (κ2) is 6.33. The van der Waals surface area contributed by atoms with E-state index in [1.807, 2.05) is 4.90 Å². The number of hydrogen-bond donors (Lipinski definition) is 3. The Labute approximate surface area is 116 Å². The number of hydrazine groups is 1. The zero-order chi connectivity index (χ0) is 14.5. The molecule has 0 aromatic carbocycles. The highest BCUT2D eigenvalue weighted by atomic mass is 16.5. The van der Waals surface area contributed by atoms with Crippen molar-refractivity contribution in [2.24, 2.45) is 11.8 Å². The Morgan fingerprint density at radius 2 is 2.25 bits per heavy atom. The lowest BCUT2D eigenvalue weighted by Crippen LogP contribution is -2.43. The van der Waals surface area contributed by atoms with Gasteiger partial charge >= 0.3 is 6.01 Å². The molecule has 1 atom stereocenters. The molecular weight excluding hydrogens is 262 g/mol. The van der Waals surface area contributed by atoms with Crippen molar-refractivity contribution in [3.8, 4) is 6.01 Å². The highest BCUT2D eigenvalue weighted by Gasteiger charge is 2.27. The number of piperidine rings is 1. The Kier molecular flexibility index (Phi) is 4.51. The maximum absolute atomic E-state index is 11.7. The molecule has 4 N–H and O–H groups in total. The molecule has 0 spiro atoms. The summed E-state index contributed by atoms with van der Waals surface area (Å²) in [5, 5.41) is 2.68. The molecule has 1 unspecified atom stereocenters. The molecule has 20 heavy (non-hydrogen) atoms. The fourth-order valence-corrected chi connectivity index (χ4v) is 2.22. The molecule has 1 aromatic heterocycles. The quantitative estimate of drug-likeness (QED) is 0.481. The number of nitrogens with two attached hydrogens (primary N) is 1. The molecule has 2 heterocycles. The van der Waals surface area contributed by atoms with Gasteiger partial charge in [-0.15, -0.1) is 0 Å². The molecule has 1 fully saturated rings. The van der Waals surface area contributed by atoms with Gasteiger partial charge in [0.15, 0.2) is 0 Å². The van der Waals surface area contributed by atoms with Crippen molar-refractivity contribution >= 4 is 17.8 Å². The molecule has 9 nitrogen and oxygen atoms in total. The van der Waals surface area contributed by atoms with Crippen LogP contribution in [0.3, 0.4) is 0 Å². The Morgan fingerprint density at radius 3 is 2.90 bits per heavy atom. The van der Waals surface area contributed by atoms with E-state index in [1.165, 1.54) is 7.11 Å². The summed E-state index contributed by atoms with van der Waals surface area (Å²) in [5.74, 6) is 5.99. The third-order valence-corrected chi connectivity index (χ3v) is 3.24. The van der Waals surface area contributed by atoms with Crippen LogP contribution < -0.4 is 26.2 Å². The highest BCUT2D eigenvalue weighted by molar-refractivity contribution is 5.79. The van der Waals surface area contributed by atoms with Gasteiger partial charge in [-0.3, -0.25) is 10.2 Å². The second-order valence-electron chi connectivity index (χ2n) is 4.49. The van der Waals surface area contributed by atoms with Crippen LogP contribution in [-0.4, -0.2) is 48.1 Å². The van der Waals surface area contributed by atoms with Crippen molar-refractivity contribution < 1.29 is 9.53 Å². The Hall–Kier alpha value is -2.16. The Balaban J connectivity index is 2.19. The number of aromatic nitrogens is 3. The third kappa shape index (κ3) is 3.05. The van der Waals surface area contributed by atoms with Crippen molar-refractivity contribution in [3.63, 3.8) is 0 Å². The number of rotatable bonds is 4. The minimum Gasteiger partial charge on any atom is -0.467 e. The normalized spacial score (nSPS) is 18.6. The first-order chi connectivity index (χ1) is 9.67. The van der Waals surface area contributed by atoms with E-state index >= 15 is 0 Å². The van der Waals surface area contributed by atoms with Crippen LogP contribution in [0.5, 0.6) is 6.01 Å². The van der Waals surface area contributed by atoms with Gasteiger partial charge < -0.3 is 15.0 Å². The topological polar surface area (TPSA) is 118 Å². The monoisotopic (exact) mass is 281 g/mol. The lowest BCUT2D eigenvalue weighted by molar-refractivity contribution is -0.124. The lowest BCUT2D eigenvalue weighted by atomic mass is 9.97. The number of carbonyl (C=O) groups is 1. The van der Waals surface area contributed by atoms with E-state index in [-0.39, 0.29) is 23.8 Å². The number of nitrogens with zero attached hydrogens (tertiary/aromatic N) is 4. The summed E-state index contributed by atoms with van der Waals surface area (Å²) in [6, 6.07) is 0.185. The second-order valence-corrected chi connectivity index (χ2v) is 4.49. The van der Waals surface area contributed by atoms with Gasteiger partial charge in [0.25, 0.3) is 0 Å². The molecule has 1 amide bonds. The van der Waals surface area contributed by atoms with Crippen molar-refractivity contribution in [2.75, 3.05) is 37.6 Å². The lowest BCUT2D eigenvalue weighted by Gasteiger charge is -2.31. The van der Waals surface area contributed by atoms with Gasteiger partial charge in [0.05, 0.1) is 13.0 Å².